The van der Waals surface area contributed by atoms with Gasteiger partial charge in [-0.3, -0.25) is 9.59 Å². The van der Waals surface area contributed by atoms with Crippen LogP contribution in [-0.2, 0) is 19.6 Å². The summed E-state index contributed by atoms with van der Waals surface area (Å²) in [6, 6.07) is 29.7. The summed E-state index contributed by atoms with van der Waals surface area (Å²) in [6.45, 7) is 7.94. The van der Waals surface area contributed by atoms with Crippen LogP contribution in [0.15, 0.2) is 97.1 Å². The second kappa shape index (κ2) is 18.0. The molecule has 0 heterocycles. The molecule has 2 amide bonds. The number of aryl methyl sites for hydroxylation is 1. The fourth-order valence-electron chi connectivity index (χ4n) is 5.73. The Bertz CT molecular complexity index is 1620. The molecule has 8 heteroatoms. The van der Waals surface area contributed by atoms with Crippen molar-refractivity contribution >= 4 is 11.8 Å². The largest absolute Gasteiger partial charge is 0.497 e. The van der Waals surface area contributed by atoms with E-state index in [2.05, 4.69) is 0 Å². The number of ether oxygens (including phenoxy) is 2. The van der Waals surface area contributed by atoms with E-state index >= 15 is 0 Å². The summed E-state index contributed by atoms with van der Waals surface area (Å²) >= 11 is 0. The molecule has 0 unspecified atom stereocenters. The number of carbonyl (C=O) groups is 2. The van der Waals surface area contributed by atoms with Gasteiger partial charge in [0.05, 0.1) is 13.2 Å². The Hall–Kier alpha value is -4.66. The summed E-state index contributed by atoms with van der Waals surface area (Å²) in [5.41, 5.74) is 11.1. The van der Waals surface area contributed by atoms with Crippen molar-refractivity contribution in [1.82, 2.24) is 9.80 Å². The van der Waals surface area contributed by atoms with Gasteiger partial charge < -0.3 is 30.1 Å². The van der Waals surface area contributed by atoms with Crippen molar-refractivity contribution in [2.75, 3.05) is 26.7 Å². The minimum Gasteiger partial charge on any atom is -0.497 e. The van der Waals surface area contributed by atoms with Crippen LogP contribution >= 0.6 is 0 Å². The number of rotatable bonds is 17. The predicted octanol–water partition coefficient (Wildman–Crippen LogP) is 6.42. The van der Waals surface area contributed by atoms with Crippen LogP contribution in [-0.4, -0.2) is 65.6 Å². The molecule has 8 nitrogen and oxygen atoms in total. The number of nitrogens with two attached hydrogens (primary N) is 1. The average molecular weight is 652 g/mol. The molecule has 0 spiro atoms. The van der Waals surface area contributed by atoms with Crippen molar-refractivity contribution in [3.05, 3.63) is 130 Å². The molecule has 4 aromatic carbocycles. The lowest BCUT2D eigenvalue weighted by molar-refractivity contribution is 0.0554. The van der Waals surface area contributed by atoms with Gasteiger partial charge in [-0.15, -0.1) is 0 Å². The highest BCUT2D eigenvalue weighted by atomic mass is 16.5. The lowest BCUT2D eigenvalue weighted by Crippen LogP contribution is -2.46. The molecule has 0 aliphatic heterocycles. The highest BCUT2D eigenvalue weighted by Gasteiger charge is 2.25. The standard InChI is InChI=1S/C40H49N3O5/c1-5-18-42(19-6-2)39(45)33-20-29(3)21-34(25-33)40(46)43(26-32-15-11-16-35(23-32)47-4)27-38(44)37(41)24-31-14-10-17-36(22-31)48-28-30-12-8-7-9-13-30/h7-17,20-23,25,37-38,44H,5-6,18-19,24,26-28,41H2,1-4H3/t37-,38+/m0/s1. The van der Waals surface area contributed by atoms with Crippen molar-refractivity contribution < 1.29 is 24.2 Å². The number of aliphatic hydroxyl groups excluding tert-OH is 1. The van der Waals surface area contributed by atoms with Crippen molar-refractivity contribution in [2.45, 2.75) is 65.3 Å². The first kappa shape index (κ1) is 36.2. The van der Waals surface area contributed by atoms with Crippen LogP contribution in [0.1, 0.15) is 69.7 Å². The highest BCUT2D eigenvalue weighted by Crippen LogP contribution is 2.21. The SMILES string of the molecule is CCCN(CCC)C(=O)c1cc(C)cc(C(=O)N(Cc2cccc(OC)c2)C[C@@H](O)[C@@H](N)Cc2cccc(OCc3ccccc3)c2)c1. The normalized spacial score (nSPS) is 12.2. The molecule has 4 rings (SSSR count). The Labute approximate surface area is 285 Å². The van der Waals surface area contributed by atoms with E-state index in [9.17, 15) is 14.7 Å². The molecule has 3 N–H and O–H groups in total. The quantitative estimate of drug-likeness (QED) is 0.137. The zero-order chi connectivity index (χ0) is 34.5. The molecule has 0 bridgehead atoms. The summed E-state index contributed by atoms with van der Waals surface area (Å²) < 4.78 is 11.4. The number of methoxy groups -OCH3 is 1. The minimum absolute atomic E-state index is 0.00355. The molecular weight excluding hydrogens is 602 g/mol. The van der Waals surface area contributed by atoms with Gasteiger partial charge in [-0.1, -0.05) is 68.4 Å². The zero-order valence-corrected chi connectivity index (χ0v) is 28.6. The molecule has 0 saturated carbocycles. The van der Waals surface area contributed by atoms with Crippen LogP contribution in [0, 0.1) is 6.92 Å². The van der Waals surface area contributed by atoms with Gasteiger partial charge in [0, 0.05) is 43.3 Å². The van der Waals surface area contributed by atoms with Crippen LogP contribution in [0.5, 0.6) is 11.5 Å². The van der Waals surface area contributed by atoms with Gasteiger partial charge in [0.25, 0.3) is 11.8 Å². The molecule has 0 saturated heterocycles. The first-order valence-electron chi connectivity index (χ1n) is 16.7. The van der Waals surface area contributed by atoms with E-state index in [4.69, 9.17) is 15.2 Å². The van der Waals surface area contributed by atoms with Gasteiger partial charge in [-0.05, 0) is 90.9 Å². The minimum atomic E-state index is -1.02. The number of hydrogen-bond donors (Lipinski definition) is 2. The molecular formula is C40H49N3O5. The smallest absolute Gasteiger partial charge is 0.254 e. The Morgan fingerprint density at radius 3 is 1.98 bits per heavy atom. The molecule has 0 aromatic heterocycles. The van der Waals surface area contributed by atoms with E-state index in [1.807, 2.05) is 111 Å². The fourth-order valence-corrected chi connectivity index (χ4v) is 5.73. The maximum Gasteiger partial charge on any atom is 0.254 e. The van der Waals surface area contributed by atoms with Crippen molar-refractivity contribution in [3.8, 4) is 11.5 Å². The van der Waals surface area contributed by atoms with Gasteiger partial charge in [-0.2, -0.15) is 0 Å². The average Bonchev–Trinajstić information content (AvgIpc) is 3.10. The van der Waals surface area contributed by atoms with E-state index < -0.39 is 12.1 Å². The first-order chi connectivity index (χ1) is 23.2. The molecule has 0 aliphatic rings. The Kier molecular flexibility index (Phi) is 13.6. The van der Waals surface area contributed by atoms with Crippen molar-refractivity contribution in [3.63, 3.8) is 0 Å². The summed E-state index contributed by atoms with van der Waals surface area (Å²) in [7, 11) is 1.60. The predicted molar refractivity (Wildman–Crippen MR) is 190 cm³/mol. The van der Waals surface area contributed by atoms with E-state index in [1.54, 1.807) is 24.1 Å². The number of amides is 2. The summed E-state index contributed by atoms with van der Waals surface area (Å²) in [6.07, 6.45) is 1.06. The summed E-state index contributed by atoms with van der Waals surface area (Å²) in [5, 5.41) is 11.4. The topological polar surface area (TPSA) is 105 Å². The van der Waals surface area contributed by atoms with E-state index in [-0.39, 0.29) is 24.9 Å². The number of benzene rings is 4. The molecule has 48 heavy (non-hydrogen) atoms. The maximum atomic E-state index is 14.2. The van der Waals surface area contributed by atoms with Crippen molar-refractivity contribution in [1.29, 1.82) is 0 Å². The van der Waals surface area contributed by atoms with Crippen molar-refractivity contribution in [2.24, 2.45) is 5.73 Å². The third-order valence-corrected chi connectivity index (χ3v) is 8.16. The molecule has 2 atom stereocenters. The Morgan fingerprint density at radius 1 is 0.750 bits per heavy atom. The van der Waals surface area contributed by atoms with Crippen LogP contribution in [0.3, 0.4) is 0 Å². The summed E-state index contributed by atoms with van der Waals surface area (Å²) in [4.78, 5) is 31.1. The van der Waals surface area contributed by atoms with Crippen LogP contribution in [0.25, 0.3) is 0 Å². The molecule has 254 valence electrons. The number of carbonyl (C=O) groups excluding carboxylic acids is 2. The van der Waals surface area contributed by atoms with Gasteiger partial charge in [0.2, 0.25) is 0 Å². The lowest BCUT2D eigenvalue weighted by atomic mass is 10.00. The van der Waals surface area contributed by atoms with Gasteiger partial charge in [-0.25, -0.2) is 0 Å². The van der Waals surface area contributed by atoms with Crippen LogP contribution in [0.4, 0.5) is 0 Å². The Balaban J connectivity index is 1.53. The lowest BCUT2D eigenvalue weighted by Gasteiger charge is -2.29. The fraction of sp³-hybridized carbons (Fsp3) is 0.350. The second-order valence-corrected chi connectivity index (χ2v) is 12.3. The molecule has 4 aromatic rings. The maximum absolute atomic E-state index is 14.2. The van der Waals surface area contributed by atoms with Gasteiger partial charge >= 0.3 is 0 Å². The molecule has 0 fully saturated rings. The zero-order valence-electron chi connectivity index (χ0n) is 28.6. The number of aliphatic hydroxyl groups is 1. The van der Waals surface area contributed by atoms with Crippen LogP contribution < -0.4 is 15.2 Å². The van der Waals surface area contributed by atoms with E-state index in [0.717, 1.165) is 35.1 Å². The third kappa shape index (κ3) is 10.4. The highest BCUT2D eigenvalue weighted by molar-refractivity contribution is 6.00. The van der Waals surface area contributed by atoms with E-state index in [0.29, 0.717) is 48.7 Å². The monoisotopic (exact) mass is 651 g/mol. The Morgan fingerprint density at radius 2 is 1.33 bits per heavy atom. The first-order valence-corrected chi connectivity index (χ1v) is 16.7. The number of nitrogens with zero attached hydrogens (tertiary/aromatic N) is 2. The number of hydrogen-bond acceptors (Lipinski definition) is 6. The van der Waals surface area contributed by atoms with E-state index in [1.165, 1.54) is 0 Å². The second-order valence-electron chi connectivity index (χ2n) is 12.3. The van der Waals surface area contributed by atoms with Gasteiger partial charge in [0.15, 0.2) is 0 Å². The van der Waals surface area contributed by atoms with Crippen LogP contribution in [0.2, 0.25) is 0 Å². The molecule has 0 radical (unpaired) electrons. The summed E-state index contributed by atoms with van der Waals surface area (Å²) in [5.74, 6) is 1.000. The molecule has 0 aliphatic carbocycles. The van der Waals surface area contributed by atoms with Gasteiger partial charge in [0.1, 0.15) is 18.1 Å². The third-order valence-electron chi connectivity index (χ3n) is 8.16.